The quantitative estimate of drug-likeness (QED) is 0.383. The molecule has 7 nitrogen and oxygen atoms in total. The van der Waals surface area contributed by atoms with Crippen molar-refractivity contribution in [2.24, 2.45) is 0 Å². The van der Waals surface area contributed by atoms with Gasteiger partial charge in [-0.25, -0.2) is 9.97 Å². The molecule has 2 aromatic carbocycles. The van der Waals surface area contributed by atoms with Gasteiger partial charge in [0.15, 0.2) is 5.13 Å². The van der Waals surface area contributed by atoms with Crippen LogP contribution in [0.15, 0.2) is 49.1 Å². The van der Waals surface area contributed by atoms with Crippen LogP contribution in [0.1, 0.15) is 27.9 Å². The number of aryl methyl sites for hydroxylation is 3. The number of thiazole rings is 1. The van der Waals surface area contributed by atoms with Gasteiger partial charge in [-0.3, -0.25) is 9.69 Å². The molecule has 0 bridgehead atoms. The van der Waals surface area contributed by atoms with Crippen molar-refractivity contribution in [3.05, 3.63) is 65.7 Å². The predicted octanol–water partition coefficient (Wildman–Crippen LogP) is 4.86. The van der Waals surface area contributed by atoms with Gasteiger partial charge in [0, 0.05) is 37.1 Å². The van der Waals surface area contributed by atoms with Gasteiger partial charge in [0.2, 0.25) is 0 Å². The topological polar surface area (TPSA) is 69.5 Å². The van der Waals surface area contributed by atoms with Crippen LogP contribution in [-0.4, -0.2) is 41.2 Å². The standard InChI is InChI=1S/C24H26N4O3S/c1-16-6-7-21-22(17(16)2)26-24(32-21)28(10-5-9-27-11-8-25-15-27)23(29)18-12-19(30-3)14-20(13-18)31-4/h6-8,11-15H,5,9-10H2,1-4H3. The predicted molar refractivity (Wildman–Crippen MR) is 127 cm³/mol. The molecule has 8 heteroatoms. The van der Waals surface area contributed by atoms with Gasteiger partial charge in [-0.1, -0.05) is 17.4 Å². The Hall–Kier alpha value is -3.39. The zero-order chi connectivity index (χ0) is 22.7. The zero-order valence-electron chi connectivity index (χ0n) is 18.7. The molecular formula is C24H26N4O3S. The number of nitrogens with zero attached hydrogens (tertiary/aromatic N) is 4. The number of ether oxygens (including phenoxy) is 2. The highest BCUT2D eigenvalue weighted by Gasteiger charge is 2.23. The van der Waals surface area contributed by atoms with Crippen LogP contribution in [0, 0.1) is 13.8 Å². The van der Waals surface area contributed by atoms with Gasteiger partial charge in [0.1, 0.15) is 11.5 Å². The third-order valence-corrected chi connectivity index (χ3v) is 6.55. The van der Waals surface area contributed by atoms with Gasteiger partial charge >= 0.3 is 0 Å². The molecule has 4 aromatic rings. The minimum Gasteiger partial charge on any atom is -0.497 e. The molecule has 0 aliphatic carbocycles. The summed E-state index contributed by atoms with van der Waals surface area (Å²) in [4.78, 5) is 24.4. The lowest BCUT2D eigenvalue weighted by Gasteiger charge is -2.21. The van der Waals surface area contributed by atoms with E-state index < -0.39 is 0 Å². The fraction of sp³-hybridized carbons (Fsp3) is 0.292. The SMILES string of the molecule is COc1cc(OC)cc(C(=O)N(CCCn2ccnc2)c2nc3c(C)c(C)ccc3s2)c1. The van der Waals surface area contributed by atoms with Crippen LogP contribution >= 0.6 is 11.3 Å². The lowest BCUT2D eigenvalue weighted by atomic mass is 10.1. The maximum Gasteiger partial charge on any atom is 0.260 e. The normalized spacial score (nSPS) is 11.0. The number of fused-ring (bicyclic) bond motifs is 1. The highest BCUT2D eigenvalue weighted by molar-refractivity contribution is 7.22. The minimum absolute atomic E-state index is 0.138. The molecule has 0 spiro atoms. The summed E-state index contributed by atoms with van der Waals surface area (Å²) >= 11 is 1.53. The number of rotatable bonds is 8. The molecule has 0 unspecified atom stereocenters. The summed E-state index contributed by atoms with van der Waals surface area (Å²) < 4.78 is 13.8. The Morgan fingerprint density at radius 3 is 2.53 bits per heavy atom. The number of aromatic nitrogens is 3. The molecular weight excluding hydrogens is 424 g/mol. The number of amides is 1. The Labute approximate surface area is 191 Å². The number of carbonyl (C=O) groups is 1. The summed E-state index contributed by atoms with van der Waals surface area (Å²) in [6.45, 7) is 5.42. The molecule has 0 saturated carbocycles. The monoisotopic (exact) mass is 450 g/mol. The first-order valence-corrected chi connectivity index (χ1v) is 11.2. The van der Waals surface area contributed by atoms with E-state index in [0.717, 1.165) is 28.7 Å². The Balaban J connectivity index is 1.70. The second-order valence-electron chi connectivity index (χ2n) is 7.56. The smallest absolute Gasteiger partial charge is 0.260 e. The Morgan fingerprint density at radius 2 is 1.88 bits per heavy atom. The van der Waals surface area contributed by atoms with Crippen molar-refractivity contribution in [3.8, 4) is 11.5 Å². The molecule has 0 aliphatic rings. The number of hydrogen-bond acceptors (Lipinski definition) is 6. The third kappa shape index (κ3) is 4.45. The summed E-state index contributed by atoms with van der Waals surface area (Å²) in [7, 11) is 3.15. The molecule has 4 rings (SSSR count). The zero-order valence-corrected chi connectivity index (χ0v) is 19.5. The minimum atomic E-state index is -0.138. The van der Waals surface area contributed by atoms with E-state index in [1.54, 1.807) is 49.8 Å². The van der Waals surface area contributed by atoms with Crippen molar-refractivity contribution in [2.45, 2.75) is 26.8 Å². The first kappa shape index (κ1) is 21.8. The van der Waals surface area contributed by atoms with Crippen LogP contribution in [0.5, 0.6) is 11.5 Å². The number of imidazole rings is 1. The molecule has 166 valence electrons. The van der Waals surface area contributed by atoms with Gasteiger partial charge in [0.05, 0.1) is 30.8 Å². The highest BCUT2D eigenvalue weighted by Crippen LogP contribution is 2.33. The third-order valence-electron chi connectivity index (χ3n) is 5.51. The van der Waals surface area contributed by atoms with Crippen LogP contribution in [0.4, 0.5) is 5.13 Å². The van der Waals surface area contributed by atoms with Crippen LogP contribution in [0.25, 0.3) is 10.2 Å². The maximum atomic E-state index is 13.7. The fourth-order valence-electron chi connectivity index (χ4n) is 3.53. The fourth-order valence-corrected chi connectivity index (χ4v) is 4.58. The van der Waals surface area contributed by atoms with E-state index in [-0.39, 0.29) is 5.91 Å². The average Bonchev–Trinajstić information content (AvgIpc) is 3.48. The summed E-state index contributed by atoms with van der Waals surface area (Å²) in [6, 6.07) is 9.39. The summed E-state index contributed by atoms with van der Waals surface area (Å²) in [6.07, 6.45) is 6.22. The summed E-state index contributed by atoms with van der Waals surface area (Å²) in [5, 5.41) is 0.686. The van der Waals surface area contributed by atoms with E-state index in [4.69, 9.17) is 14.5 Å². The average molecular weight is 451 g/mol. The van der Waals surface area contributed by atoms with Gasteiger partial charge in [-0.15, -0.1) is 0 Å². The van der Waals surface area contributed by atoms with Gasteiger partial charge in [-0.2, -0.15) is 0 Å². The molecule has 32 heavy (non-hydrogen) atoms. The van der Waals surface area contributed by atoms with Crippen molar-refractivity contribution in [2.75, 3.05) is 25.7 Å². The molecule has 0 aliphatic heterocycles. The first-order valence-electron chi connectivity index (χ1n) is 10.4. The van der Waals surface area contributed by atoms with E-state index in [9.17, 15) is 4.79 Å². The van der Waals surface area contributed by atoms with Crippen LogP contribution in [0.3, 0.4) is 0 Å². The largest absolute Gasteiger partial charge is 0.497 e. The Morgan fingerprint density at radius 1 is 1.12 bits per heavy atom. The van der Waals surface area contributed by atoms with E-state index in [1.165, 1.54) is 16.9 Å². The van der Waals surface area contributed by atoms with Gasteiger partial charge in [0.25, 0.3) is 5.91 Å². The molecule has 0 atom stereocenters. The second-order valence-corrected chi connectivity index (χ2v) is 8.57. The number of benzene rings is 2. The van der Waals surface area contributed by atoms with E-state index in [1.807, 2.05) is 10.8 Å². The number of methoxy groups -OCH3 is 2. The van der Waals surface area contributed by atoms with Crippen molar-refractivity contribution >= 4 is 32.6 Å². The molecule has 0 N–H and O–H groups in total. The van der Waals surface area contributed by atoms with Crippen molar-refractivity contribution in [1.29, 1.82) is 0 Å². The maximum absolute atomic E-state index is 13.7. The molecule has 1 amide bonds. The van der Waals surface area contributed by atoms with Crippen LogP contribution < -0.4 is 14.4 Å². The van der Waals surface area contributed by atoms with E-state index in [0.29, 0.717) is 28.7 Å². The van der Waals surface area contributed by atoms with Gasteiger partial charge in [-0.05, 0) is 49.6 Å². The Bertz CT molecular complexity index is 1210. The van der Waals surface area contributed by atoms with E-state index >= 15 is 0 Å². The Kier molecular flexibility index (Phi) is 6.41. The van der Waals surface area contributed by atoms with Crippen LogP contribution in [-0.2, 0) is 6.54 Å². The summed E-state index contributed by atoms with van der Waals surface area (Å²) in [5.74, 6) is 1.00. The van der Waals surface area contributed by atoms with Crippen molar-refractivity contribution in [1.82, 2.24) is 14.5 Å². The van der Waals surface area contributed by atoms with E-state index in [2.05, 4.69) is 31.0 Å². The van der Waals surface area contributed by atoms with Gasteiger partial charge < -0.3 is 14.0 Å². The lowest BCUT2D eigenvalue weighted by Crippen LogP contribution is -2.32. The van der Waals surface area contributed by atoms with Crippen molar-refractivity contribution < 1.29 is 14.3 Å². The highest BCUT2D eigenvalue weighted by atomic mass is 32.1. The molecule has 0 fully saturated rings. The number of hydrogen-bond donors (Lipinski definition) is 0. The first-order chi connectivity index (χ1) is 15.5. The molecule has 0 radical (unpaired) electrons. The molecule has 0 saturated heterocycles. The van der Waals surface area contributed by atoms with Crippen molar-refractivity contribution in [3.63, 3.8) is 0 Å². The number of carbonyl (C=O) groups excluding carboxylic acids is 1. The molecule has 2 aromatic heterocycles. The molecule has 2 heterocycles. The summed E-state index contributed by atoms with van der Waals surface area (Å²) in [5.41, 5.74) is 3.76. The second kappa shape index (κ2) is 9.40. The number of anilines is 1. The lowest BCUT2D eigenvalue weighted by molar-refractivity contribution is 0.0985. The van der Waals surface area contributed by atoms with Crippen LogP contribution in [0.2, 0.25) is 0 Å².